The van der Waals surface area contributed by atoms with Gasteiger partial charge in [-0.3, -0.25) is 14.4 Å². The molecule has 0 spiro atoms. The summed E-state index contributed by atoms with van der Waals surface area (Å²) in [5, 5.41) is 13.9. The Morgan fingerprint density at radius 2 is 1.62 bits per heavy atom. The highest BCUT2D eigenvalue weighted by Crippen LogP contribution is 2.19. The highest BCUT2D eigenvalue weighted by Gasteiger charge is 2.03. The number of hydrogen-bond donors (Lipinski definition) is 3. The van der Waals surface area contributed by atoms with Crippen LogP contribution in [0, 0.1) is 0 Å². The van der Waals surface area contributed by atoms with Gasteiger partial charge in [-0.15, -0.1) is 0 Å². The molecule has 21 heavy (non-hydrogen) atoms. The van der Waals surface area contributed by atoms with Crippen molar-refractivity contribution in [3.8, 4) is 0 Å². The van der Waals surface area contributed by atoms with Gasteiger partial charge in [0.15, 0.2) is 0 Å². The maximum absolute atomic E-state index is 11.3. The SMILES string of the molecule is C=C(C)C(=O)NCCSSCCNC(=O)CCCC(=O)O. The van der Waals surface area contributed by atoms with Crippen molar-refractivity contribution >= 4 is 39.4 Å². The second kappa shape index (κ2) is 12.6. The van der Waals surface area contributed by atoms with Gasteiger partial charge in [-0.25, -0.2) is 0 Å². The molecule has 0 saturated heterocycles. The van der Waals surface area contributed by atoms with Crippen molar-refractivity contribution in [2.75, 3.05) is 24.6 Å². The fraction of sp³-hybridized carbons (Fsp3) is 0.615. The molecule has 0 aromatic carbocycles. The van der Waals surface area contributed by atoms with Crippen molar-refractivity contribution in [3.05, 3.63) is 12.2 Å². The van der Waals surface area contributed by atoms with Gasteiger partial charge < -0.3 is 15.7 Å². The van der Waals surface area contributed by atoms with E-state index < -0.39 is 5.97 Å². The molecule has 0 fully saturated rings. The number of rotatable bonds is 12. The molecule has 0 heterocycles. The summed E-state index contributed by atoms with van der Waals surface area (Å²) in [4.78, 5) is 32.8. The lowest BCUT2D eigenvalue weighted by Gasteiger charge is -2.05. The summed E-state index contributed by atoms with van der Waals surface area (Å²) in [6.45, 7) is 6.35. The molecule has 0 atom stereocenters. The molecule has 0 aliphatic rings. The largest absolute Gasteiger partial charge is 0.481 e. The van der Waals surface area contributed by atoms with Crippen molar-refractivity contribution in [2.45, 2.75) is 26.2 Å². The zero-order valence-corrected chi connectivity index (χ0v) is 13.8. The second-order valence-corrected chi connectivity index (χ2v) is 6.98. The number of carbonyl (C=O) groups excluding carboxylic acids is 2. The van der Waals surface area contributed by atoms with E-state index >= 15 is 0 Å². The molecule has 3 N–H and O–H groups in total. The van der Waals surface area contributed by atoms with Crippen molar-refractivity contribution in [3.63, 3.8) is 0 Å². The molecular formula is C13H22N2O4S2. The van der Waals surface area contributed by atoms with Crippen LogP contribution in [0.5, 0.6) is 0 Å². The minimum Gasteiger partial charge on any atom is -0.481 e. The molecule has 0 unspecified atom stereocenters. The molecule has 0 aromatic heterocycles. The van der Waals surface area contributed by atoms with E-state index in [9.17, 15) is 14.4 Å². The van der Waals surface area contributed by atoms with Crippen LogP contribution in [-0.4, -0.2) is 47.5 Å². The Morgan fingerprint density at radius 3 is 2.14 bits per heavy atom. The number of carbonyl (C=O) groups is 3. The highest BCUT2D eigenvalue weighted by molar-refractivity contribution is 8.76. The predicted molar refractivity (Wildman–Crippen MR) is 87.2 cm³/mol. The van der Waals surface area contributed by atoms with Crippen molar-refractivity contribution in [2.24, 2.45) is 0 Å². The molecule has 0 bridgehead atoms. The molecule has 0 aliphatic heterocycles. The van der Waals surface area contributed by atoms with E-state index in [1.807, 2.05) is 0 Å². The van der Waals surface area contributed by atoms with E-state index in [2.05, 4.69) is 17.2 Å². The van der Waals surface area contributed by atoms with E-state index in [0.717, 1.165) is 11.5 Å². The van der Waals surface area contributed by atoms with Crippen LogP contribution in [0.1, 0.15) is 26.2 Å². The Bertz CT molecular complexity index is 375. The van der Waals surface area contributed by atoms with Crippen LogP contribution in [0.3, 0.4) is 0 Å². The van der Waals surface area contributed by atoms with Crippen LogP contribution in [-0.2, 0) is 14.4 Å². The lowest BCUT2D eigenvalue weighted by atomic mass is 10.2. The topological polar surface area (TPSA) is 95.5 Å². The van der Waals surface area contributed by atoms with Crippen LogP contribution in [0.4, 0.5) is 0 Å². The molecular weight excluding hydrogens is 312 g/mol. The van der Waals surface area contributed by atoms with Gasteiger partial charge in [-0.1, -0.05) is 28.2 Å². The summed E-state index contributed by atoms with van der Waals surface area (Å²) in [6.07, 6.45) is 0.635. The molecule has 0 radical (unpaired) electrons. The average molecular weight is 334 g/mol. The summed E-state index contributed by atoms with van der Waals surface area (Å²) in [6, 6.07) is 0. The van der Waals surface area contributed by atoms with Crippen LogP contribution in [0.2, 0.25) is 0 Å². The Hall–Kier alpha value is -1.15. The molecule has 2 amide bonds. The molecule has 120 valence electrons. The maximum Gasteiger partial charge on any atom is 0.303 e. The Kier molecular flexibility index (Phi) is 11.9. The normalized spacial score (nSPS) is 9.95. The Labute approximate surface area is 132 Å². The zero-order chi connectivity index (χ0) is 16.1. The van der Waals surface area contributed by atoms with E-state index in [0.29, 0.717) is 25.1 Å². The first-order chi connectivity index (χ1) is 9.93. The summed E-state index contributed by atoms with van der Waals surface area (Å²) in [7, 11) is 3.24. The molecule has 0 aromatic rings. The smallest absolute Gasteiger partial charge is 0.303 e. The fourth-order valence-corrected chi connectivity index (χ4v) is 3.01. The van der Waals surface area contributed by atoms with Gasteiger partial charge in [0, 0.05) is 43.0 Å². The first kappa shape index (κ1) is 19.9. The molecule has 0 aliphatic carbocycles. The molecule has 6 nitrogen and oxygen atoms in total. The molecule has 0 saturated carbocycles. The van der Waals surface area contributed by atoms with E-state index in [-0.39, 0.29) is 24.7 Å². The standard InChI is InChI=1S/C13H22N2O4S2/c1-10(2)13(19)15-7-9-21-20-8-6-14-11(16)4-3-5-12(17)18/h1,3-9H2,2H3,(H,14,16)(H,15,19)(H,17,18). The first-order valence-electron chi connectivity index (χ1n) is 6.60. The van der Waals surface area contributed by atoms with E-state index in [1.165, 1.54) is 0 Å². The van der Waals surface area contributed by atoms with Gasteiger partial charge in [0.05, 0.1) is 0 Å². The van der Waals surface area contributed by atoms with Gasteiger partial charge in [0.2, 0.25) is 11.8 Å². The molecule has 8 heteroatoms. The number of aliphatic carboxylic acids is 1. The van der Waals surface area contributed by atoms with E-state index in [1.54, 1.807) is 28.5 Å². The molecule has 0 rings (SSSR count). The lowest BCUT2D eigenvalue weighted by molar-refractivity contribution is -0.137. The monoisotopic (exact) mass is 334 g/mol. The second-order valence-electron chi connectivity index (χ2n) is 4.28. The van der Waals surface area contributed by atoms with Crippen molar-refractivity contribution in [1.29, 1.82) is 0 Å². The fourth-order valence-electron chi connectivity index (χ4n) is 1.20. The third-order valence-electron chi connectivity index (χ3n) is 2.24. The van der Waals surface area contributed by atoms with Crippen LogP contribution < -0.4 is 10.6 Å². The Morgan fingerprint density at radius 1 is 1.05 bits per heavy atom. The number of hydrogen-bond acceptors (Lipinski definition) is 5. The van der Waals surface area contributed by atoms with Gasteiger partial charge in [0.25, 0.3) is 0 Å². The lowest BCUT2D eigenvalue weighted by Crippen LogP contribution is -2.26. The summed E-state index contributed by atoms with van der Waals surface area (Å²) in [5.41, 5.74) is 0.498. The maximum atomic E-state index is 11.3. The van der Waals surface area contributed by atoms with Crippen molar-refractivity contribution in [1.82, 2.24) is 10.6 Å². The highest BCUT2D eigenvalue weighted by atomic mass is 33.1. The number of carboxylic acid groups (broad SMARTS) is 1. The number of amides is 2. The number of carboxylic acids is 1. The van der Waals surface area contributed by atoms with Gasteiger partial charge in [0.1, 0.15) is 0 Å². The first-order valence-corrected chi connectivity index (χ1v) is 9.09. The quantitative estimate of drug-likeness (QED) is 0.284. The number of nitrogens with one attached hydrogen (secondary N) is 2. The summed E-state index contributed by atoms with van der Waals surface area (Å²) < 4.78 is 0. The van der Waals surface area contributed by atoms with Crippen LogP contribution in [0.25, 0.3) is 0 Å². The van der Waals surface area contributed by atoms with Gasteiger partial charge >= 0.3 is 5.97 Å². The Balaban J connectivity index is 3.32. The average Bonchev–Trinajstić information content (AvgIpc) is 2.40. The minimum atomic E-state index is -0.881. The third kappa shape index (κ3) is 13.6. The summed E-state index contributed by atoms with van der Waals surface area (Å²) >= 11 is 0. The van der Waals surface area contributed by atoms with Crippen LogP contribution in [0.15, 0.2) is 12.2 Å². The van der Waals surface area contributed by atoms with Gasteiger partial charge in [-0.2, -0.15) is 0 Å². The van der Waals surface area contributed by atoms with Gasteiger partial charge in [-0.05, 0) is 13.3 Å². The van der Waals surface area contributed by atoms with Crippen LogP contribution >= 0.6 is 21.6 Å². The van der Waals surface area contributed by atoms with Crippen molar-refractivity contribution < 1.29 is 19.5 Å². The summed E-state index contributed by atoms with van der Waals surface area (Å²) in [5.74, 6) is 0.429. The minimum absolute atomic E-state index is 0.0218. The van der Waals surface area contributed by atoms with E-state index in [4.69, 9.17) is 5.11 Å². The third-order valence-corrected chi connectivity index (χ3v) is 4.65. The predicted octanol–water partition coefficient (Wildman–Crippen LogP) is 1.43. The zero-order valence-electron chi connectivity index (χ0n) is 12.1.